The minimum absolute atomic E-state index is 0.187. The molecule has 3 N–H and O–H groups in total. The number of hydrogen-bond acceptors (Lipinski definition) is 7. The molecule has 9 nitrogen and oxygen atoms in total. The molecule has 0 unspecified atom stereocenters. The Hall–Kier alpha value is -3.72. The van der Waals surface area contributed by atoms with Crippen molar-refractivity contribution in [1.29, 1.82) is 5.41 Å². The van der Waals surface area contributed by atoms with E-state index >= 15 is 0 Å². The van der Waals surface area contributed by atoms with Gasteiger partial charge in [0.1, 0.15) is 11.6 Å². The number of nitrogens with one attached hydrogen (secondary N) is 3. The minimum atomic E-state index is 0.187. The first-order valence-electron chi connectivity index (χ1n) is 10.4. The van der Waals surface area contributed by atoms with Crippen LogP contribution in [0.5, 0.6) is 5.75 Å². The van der Waals surface area contributed by atoms with Gasteiger partial charge in [-0.25, -0.2) is 9.97 Å². The molecule has 1 aliphatic rings. The van der Waals surface area contributed by atoms with E-state index in [1.54, 1.807) is 26.5 Å². The van der Waals surface area contributed by atoms with Gasteiger partial charge in [-0.3, -0.25) is 10.1 Å². The van der Waals surface area contributed by atoms with E-state index in [0.717, 1.165) is 52.4 Å². The average molecular weight is 434 g/mol. The van der Waals surface area contributed by atoms with Crippen molar-refractivity contribution in [2.45, 2.75) is 12.8 Å². The molecule has 166 valence electrons. The maximum absolute atomic E-state index is 8.13. The Balaban J connectivity index is 1.62. The van der Waals surface area contributed by atoms with Gasteiger partial charge in [0, 0.05) is 44.2 Å². The number of hydrogen-bond donors (Lipinski definition) is 3. The lowest BCUT2D eigenvalue weighted by atomic mass is 9.91. The summed E-state index contributed by atoms with van der Waals surface area (Å²) in [6.07, 6.45) is 6.84. The lowest BCUT2D eigenvalue weighted by Gasteiger charge is -2.17. The summed E-state index contributed by atoms with van der Waals surface area (Å²) in [6.45, 7) is 1.27. The van der Waals surface area contributed by atoms with Crippen LogP contribution in [0.1, 0.15) is 11.3 Å². The molecule has 0 atom stereocenters. The minimum Gasteiger partial charge on any atom is -0.497 e. The molecule has 0 spiro atoms. The lowest BCUT2D eigenvalue weighted by molar-refractivity contribution is 0.203. The molecule has 0 fully saturated rings. The van der Waals surface area contributed by atoms with E-state index in [4.69, 9.17) is 25.0 Å². The average Bonchev–Trinajstić information content (AvgIpc) is 3.15. The second kappa shape index (κ2) is 9.61. The number of amidine groups is 1. The molecule has 0 bridgehead atoms. The Morgan fingerprint density at radius 3 is 2.78 bits per heavy atom. The largest absolute Gasteiger partial charge is 0.497 e. The van der Waals surface area contributed by atoms with Gasteiger partial charge in [0.05, 0.1) is 30.8 Å². The van der Waals surface area contributed by atoms with E-state index in [-0.39, 0.29) is 5.84 Å². The molecule has 2 aromatic heterocycles. The predicted octanol–water partition coefficient (Wildman–Crippen LogP) is 2.79. The van der Waals surface area contributed by atoms with Crippen molar-refractivity contribution in [2.24, 2.45) is 7.05 Å². The number of aromatic nitrogens is 4. The molecule has 1 aromatic carbocycles. The maximum atomic E-state index is 8.13. The van der Waals surface area contributed by atoms with Crippen LogP contribution in [0.2, 0.25) is 0 Å². The van der Waals surface area contributed by atoms with Crippen LogP contribution < -0.4 is 15.4 Å². The second-order valence-electron chi connectivity index (χ2n) is 7.41. The summed E-state index contributed by atoms with van der Waals surface area (Å²) < 4.78 is 12.2. The van der Waals surface area contributed by atoms with Crippen LogP contribution in [0.4, 0.5) is 5.95 Å². The Labute approximate surface area is 187 Å². The van der Waals surface area contributed by atoms with Gasteiger partial charge in [0.15, 0.2) is 0 Å². The zero-order chi connectivity index (χ0) is 22.5. The topological polar surface area (TPSA) is 110 Å². The summed E-state index contributed by atoms with van der Waals surface area (Å²) >= 11 is 0. The fourth-order valence-electron chi connectivity index (χ4n) is 3.75. The molecule has 0 radical (unpaired) electrons. The molecule has 1 aliphatic carbocycles. The summed E-state index contributed by atoms with van der Waals surface area (Å²) in [5.74, 6) is 1.38. The number of aryl methyl sites for hydroxylation is 3. The predicted molar refractivity (Wildman–Crippen MR) is 124 cm³/mol. The Kier molecular flexibility index (Phi) is 6.46. The molecule has 4 rings (SSSR count). The number of methoxy groups -OCH3 is 2. The Morgan fingerprint density at radius 1 is 1.22 bits per heavy atom. The lowest BCUT2D eigenvalue weighted by Crippen LogP contribution is -2.16. The van der Waals surface area contributed by atoms with Crippen molar-refractivity contribution in [3.05, 3.63) is 54.0 Å². The van der Waals surface area contributed by atoms with Gasteiger partial charge >= 0.3 is 0 Å². The van der Waals surface area contributed by atoms with Crippen LogP contribution in [0.3, 0.4) is 0 Å². The Bertz CT molecular complexity index is 1140. The summed E-state index contributed by atoms with van der Waals surface area (Å²) in [7, 11) is 5.26. The van der Waals surface area contributed by atoms with Crippen LogP contribution in [0.25, 0.3) is 22.5 Å². The number of benzene rings is 1. The van der Waals surface area contributed by atoms with Crippen molar-refractivity contribution in [3.8, 4) is 28.3 Å². The highest BCUT2D eigenvalue weighted by Crippen LogP contribution is 2.39. The fourth-order valence-corrected chi connectivity index (χ4v) is 3.75. The number of rotatable bonds is 8. The summed E-state index contributed by atoms with van der Waals surface area (Å²) in [6, 6.07) is 7.95. The van der Waals surface area contributed by atoms with Crippen molar-refractivity contribution in [3.63, 3.8) is 0 Å². The van der Waals surface area contributed by atoms with Gasteiger partial charge in [-0.05, 0) is 48.7 Å². The van der Waals surface area contributed by atoms with Crippen LogP contribution >= 0.6 is 0 Å². The number of fused-ring (bicyclic) bond motifs is 3. The third kappa shape index (κ3) is 4.47. The highest BCUT2D eigenvalue weighted by molar-refractivity contribution is 6.00. The van der Waals surface area contributed by atoms with E-state index in [0.29, 0.717) is 19.1 Å². The molecule has 0 amide bonds. The van der Waals surface area contributed by atoms with Gasteiger partial charge in [-0.15, -0.1) is 0 Å². The van der Waals surface area contributed by atoms with Crippen molar-refractivity contribution in [2.75, 3.05) is 32.7 Å². The molecular formula is C23H27N7O2. The maximum Gasteiger partial charge on any atom is 0.228 e. The molecule has 2 heterocycles. The van der Waals surface area contributed by atoms with Crippen molar-refractivity contribution < 1.29 is 9.47 Å². The van der Waals surface area contributed by atoms with Gasteiger partial charge in [-0.2, -0.15) is 5.10 Å². The standard InChI is InChI=1S/C23H27N7O2/c1-30-22(15-4-7-17(32-3)8-5-15)20-18(29-30)9-6-16-14-26-23(28-21(16)20)27-19(24)10-11-25-12-13-31-2/h4-5,7-8,10-11,14,25H,6,9,12-13H2,1-3H3,(H2,24,26,27,28)/b11-10-. The number of nitrogens with zero attached hydrogens (tertiary/aromatic N) is 4. The monoisotopic (exact) mass is 433 g/mol. The van der Waals surface area contributed by atoms with E-state index < -0.39 is 0 Å². The van der Waals surface area contributed by atoms with Gasteiger partial charge in [0.25, 0.3) is 0 Å². The molecule has 0 aliphatic heterocycles. The quantitative estimate of drug-likeness (QED) is 0.285. The van der Waals surface area contributed by atoms with E-state index in [2.05, 4.69) is 15.6 Å². The van der Waals surface area contributed by atoms with Gasteiger partial charge < -0.3 is 20.1 Å². The molecular weight excluding hydrogens is 406 g/mol. The summed E-state index contributed by atoms with van der Waals surface area (Å²) in [5.41, 5.74) is 6.03. The molecule has 0 saturated heterocycles. The van der Waals surface area contributed by atoms with Gasteiger partial charge in [-0.1, -0.05) is 0 Å². The second-order valence-corrected chi connectivity index (χ2v) is 7.41. The normalized spacial score (nSPS) is 12.3. The van der Waals surface area contributed by atoms with Crippen LogP contribution in [-0.2, 0) is 24.6 Å². The van der Waals surface area contributed by atoms with Crippen molar-refractivity contribution in [1.82, 2.24) is 25.1 Å². The van der Waals surface area contributed by atoms with Crippen LogP contribution in [0, 0.1) is 5.41 Å². The number of anilines is 1. The third-order valence-corrected chi connectivity index (χ3v) is 5.28. The first-order chi connectivity index (χ1) is 15.6. The smallest absolute Gasteiger partial charge is 0.228 e. The highest BCUT2D eigenvalue weighted by Gasteiger charge is 2.27. The van der Waals surface area contributed by atoms with Crippen molar-refractivity contribution >= 4 is 11.8 Å². The van der Waals surface area contributed by atoms with Crippen LogP contribution in [-0.4, -0.2) is 53.0 Å². The molecule has 3 aromatic rings. The first kappa shape index (κ1) is 21.5. The number of ether oxygens (including phenoxy) is 2. The van der Waals surface area contributed by atoms with Gasteiger partial charge in [0.2, 0.25) is 5.95 Å². The summed E-state index contributed by atoms with van der Waals surface area (Å²) in [4.78, 5) is 9.18. The van der Waals surface area contributed by atoms with E-state index in [9.17, 15) is 0 Å². The van der Waals surface area contributed by atoms with E-state index in [1.807, 2.05) is 42.2 Å². The summed E-state index contributed by atoms with van der Waals surface area (Å²) in [5, 5.41) is 18.9. The molecule has 0 saturated carbocycles. The zero-order valence-corrected chi connectivity index (χ0v) is 18.5. The SMILES string of the molecule is COCCN/C=C\C(=N)Nc1ncc2c(n1)-c1c(nn(C)c1-c1ccc(OC)cc1)CC2. The fraction of sp³-hybridized carbons (Fsp3) is 0.304. The first-order valence-corrected chi connectivity index (χ1v) is 10.4. The highest BCUT2D eigenvalue weighted by atomic mass is 16.5. The molecule has 9 heteroatoms. The van der Waals surface area contributed by atoms with E-state index in [1.165, 1.54) is 0 Å². The third-order valence-electron chi connectivity index (χ3n) is 5.28. The zero-order valence-electron chi connectivity index (χ0n) is 18.5. The van der Waals surface area contributed by atoms with Crippen LogP contribution in [0.15, 0.2) is 42.7 Å². The molecule has 32 heavy (non-hydrogen) atoms. The Morgan fingerprint density at radius 2 is 2.03 bits per heavy atom.